The summed E-state index contributed by atoms with van der Waals surface area (Å²) in [5, 5.41) is 6.09. The molecule has 0 aliphatic carbocycles. The van der Waals surface area contributed by atoms with Gasteiger partial charge in [-0.05, 0) is 42.3 Å². The van der Waals surface area contributed by atoms with Gasteiger partial charge in [0.15, 0.2) is 0 Å². The van der Waals surface area contributed by atoms with Crippen LogP contribution in [-0.4, -0.2) is 17.4 Å². The highest BCUT2D eigenvalue weighted by Gasteiger charge is 2.14. The summed E-state index contributed by atoms with van der Waals surface area (Å²) >= 11 is 5.86. The molecule has 1 aromatic heterocycles. The summed E-state index contributed by atoms with van der Waals surface area (Å²) in [6.07, 6.45) is 3.66. The van der Waals surface area contributed by atoms with Crippen molar-refractivity contribution in [3.8, 4) is 0 Å². The van der Waals surface area contributed by atoms with E-state index in [1.807, 2.05) is 24.3 Å². The summed E-state index contributed by atoms with van der Waals surface area (Å²) in [6, 6.07) is 12.5. The van der Waals surface area contributed by atoms with Crippen molar-refractivity contribution < 1.29 is 13.6 Å². The van der Waals surface area contributed by atoms with E-state index < -0.39 is 23.2 Å². The van der Waals surface area contributed by atoms with Gasteiger partial charge in [-0.2, -0.15) is 0 Å². The van der Waals surface area contributed by atoms with Crippen molar-refractivity contribution in [2.75, 3.05) is 17.2 Å². The lowest BCUT2D eigenvalue weighted by Crippen LogP contribution is -2.15. The number of para-hydroxylation sites is 1. The molecule has 0 unspecified atom stereocenters. The van der Waals surface area contributed by atoms with Crippen molar-refractivity contribution >= 4 is 28.9 Å². The molecule has 0 bridgehead atoms. The molecule has 3 rings (SSSR count). The minimum absolute atomic E-state index is 0.189. The minimum atomic E-state index is -0.839. The highest BCUT2D eigenvalue weighted by molar-refractivity contribution is 6.30. The van der Waals surface area contributed by atoms with Crippen LogP contribution >= 0.6 is 11.6 Å². The van der Waals surface area contributed by atoms with Crippen molar-refractivity contribution in [1.82, 2.24) is 4.98 Å². The zero-order chi connectivity index (χ0) is 19.2. The number of hydrogen-bond donors (Lipinski definition) is 2. The molecule has 2 aromatic carbocycles. The number of rotatable bonds is 6. The zero-order valence-corrected chi connectivity index (χ0v) is 14.9. The Hall–Kier alpha value is -2.99. The van der Waals surface area contributed by atoms with Gasteiger partial charge in [-0.1, -0.05) is 29.8 Å². The lowest BCUT2D eigenvalue weighted by Gasteiger charge is -2.10. The van der Waals surface area contributed by atoms with Crippen LogP contribution in [0.3, 0.4) is 0 Å². The smallest absolute Gasteiger partial charge is 0.257 e. The van der Waals surface area contributed by atoms with Gasteiger partial charge in [0.2, 0.25) is 0 Å². The Balaban J connectivity index is 1.62. The van der Waals surface area contributed by atoms with E-state index in [-0.39, 0.29) is 5.56 Å². The van der Waals surface area contributed by atoms with E-state index in [0.717, 1.165) is 24.1 Å². The van der Waals surface area contributed by atoms with Gasteiger partial charge in [0, 0.05) is 24.0 Å². The minimum Gasteiger partial charge on any atom is -0.383 e. The SMILES string of the molecule is O=C(Nc1c(F)cccc1F)c1cncc(NCCc2ccc(Cl)cc2)c1. The number of aromatic nitrogens is 1. The van der Waals surface area contributed by atoms with Crippen molar-refractivity contribution in [3.63, 3.8) is 0 Å². The summed E-state index contributed by atoms with van der Waals surface area (Å²) < 4.78 is 27.3. The van der Waals surface area contributed by atoms with E-state index in [1.54, 1.807) is 12.3 Å². The maximum Gasteiger partial charge on any atom is 0.257 e. The van der Waals surface area contributed by atoms with Gasteiger partial charge in [0.1, 0.15) is 17.3 Å². The molecule has 7 heteroatoms. The Morgan fingerprint density at radius 1 is 1.04 bits per heavy atom. The Bertz CT molecular complexity index is 928. The van der Waals surface area contributed by atoms with Crippen molar-refractivity contribution in [2.45, 2.75) is 6.42 Å². The van der Waals surface area contributed by atoms with Crippen LogP contribution in [0.4, 0.5) is 20.2 Å². The number of anilines is 2. The number of carbonyl (C=O) groups is 1. The van der Waals surface area contributed by atoms with Crippen LogP contribution < -0.4 is 10.6 Å². The summed E-state index contributed by atoms with van der Waals surface area (Å²) in [5.41, 5.74) is 1.45. The number of hydrogen-bond acceptors (Lipinski definition) is 3. The molecule has 0 aliphatic heterocycles. The summed E-state index contributed by atoms with van der Waals surface area (Å²) in [6.45, 7) is 0.621. The third-order valence-corrected chi connectivity index (χ3v) is 4.11. The highest BCUT2D eigenvalue weighted by atomic mass is 35.5. The topological polar surface area (TPSA) is 54.0 Å². The zero-order valence-electron chi connectivity index (χ0n) is 14.2. The average Bonchev–Trinajstić information content (AvgIpc) is 2.66. The lowest BCUT2D eigenvalue weighted by atomic mass is 10.1. The highest BCUT2D eigenvalue weighted by Crippen LogP contribution is 2.19. The largest absolute Gasteiger partial charge is 0.383 e. The first-order valence-corrected chi connectivity index (χ1v) is 8.59. The second-order valence-electron chi connectivity index (χ2n) is 5.82. The quantitative estimate of drug-likeness (QED) is 0.631. The maximum atomic E-state index is 13.7. The number of halogens is 3. The Labute approximate surface area is 160 Å². The van der Waals surface area contributed by atoms with Gasteiger partial charge in [-0.15, -0.1) is 0 Å². The van der Waals surface area contributed by atoms with Gasteiger partial charge in [0.05, 0.1) is 11.3 Å². The normalized spacial score (nSPS) is 10.5. The molecule has 27 heavy (non-hydrogen) atoms. The molecule has 3 aromatic rings. The summed E-state index contributed by atoms with van der Waals surface area (Å²) in [5.74, 6) is -2.32. The molecule has 0 fully saturated rings. The van der Waals surface area contributed by atoms with E-state index in [0.29, 0.717) is 17.3 Å². The number of benzene rings is 2. The third kappa shape index (κ3) is 5.01. The van der Waals surface area contributed by atoms with E-state index in [1.165, 1.54) is 12.3 Å². The number of nitrogens with one attached hydrogen (secondary N) is 2. The van der Waals surface area contributed by atoms with Gasteiger partial charge in [0.25, 0.3) is 5.91 Å². The number of nitrogens with zero attached hydrogens (tertiary/aromatic N) is 1. The second kappa shape index (κ2) is 8.60. The van der Waals surface area contributed by atoms with Crippen LogP contribution in [0.5, 0.6) is 0 Å². The van der Waals surface area contributed by atoms with Gasteiger partial charge in [-0.25, -0.2) is 8.78 Å². The molecule has 0 spiro atoms. The lowest BCUT2D eigenvalue weighted by molar-refractivity contribution is 0.102. The third-order valence-electron chi connectivity index (χ3n) is 3.86. The molecule has 1 heterocycles. The Morgan fingerprint density at radius 2 is 1.74 bits per heavy atom. The molecule has 0 saturated heterocycles. The predicted molar refractivity (Wildman–Crippen MR) is 102 cm³/mol. The Kier molecular flexibility index (Phi) is 5.98. The maximum absolute atomic E-state index is 13.7. The molecule has 1 amide bonds. The van der Waals surface area contributed by atoms with Crippen LogP contribution in [0, 0.1) is 11.6 Å². The number of carbonyl (C=O) groups excluding carboxylic acids is 1. The number of amides is 1. The fourth-order valence-electron chi connectivity index (χ4n) is 2.47. The molecule has 0 aliphatic rings. The molecule has 2 N–H and O–H groups in total. The van der Waals surface area contributed by atoms with E-state index in [4.69, 9.17) is 11.6 Å². The standard InChI is InChI=1S/C20H16ClF2N3O/c21-15-6-4-13(5-7-15)8-9-25-16-10-14(11-24-12-16)20(27)26-19-17(22)2-1-3-18(19)23/h1-7,10-12,25H,8-9H2,(H,26,27). The van der Waals surface area contributed by atoms with Crippen LogP contribution in [0.1, 0.15) is 15.9 Å². The predicted octanol–water partition coefficient (Wildman–Crippen LogP) is 4.92. The van der Waals surface area contributed by atoms with Crippen LogP contribution in [0.2, 0.25) is 5.02 Å². The van der Waals surface area contributed by atoms with Crippen LogP contribution in [-0.2, 0) is 6.42 Å². The fraction of sp³-hybridized carbons (Fsp3) is 0.100. The van der Waals surface area contributed by atoms with E-state index in [9.17, 15) is 13.6 Å². The molecule has 0 atom stereocenters. The fourth-order valence-corrected chi connectivity index (χ4v) is 2.59. The monoisotopic (exact) mass is 387 g/mol. The average molecular weight is 388 g/mol. The second-order valence-corrected chi connectivity index (χ2v) is 6.25. The molecule has 138 valence electrons. The first kappa shape index (κ1) is 18.8. The van der Waals surface area contributed by atoms with Crippen LogP contribution in [0.15, 0.2) is 60.9 Å². The van der Waals surface area contributed by atoms with Gasteiger partial charge in [-0.3, -0.25) is 9.78 Å². The first-order valence-electron chi connectivity index (χ1n) is 8.21. The molecule has 0 saturated carbocycles. The van der Waals surface area contributed by atoms with Crippen molar-refractivity contribution in [2.24, 2.45) is 0 Å². The molecule has 0 radical (unpaired) electrons. The number of pyridine rings is 1. The van der Waals surface area contributed by atoms with Gasteiger partial charge >= 0.3 is 0 Å². The summed E-state index contributed by atoms with van der Waals surface area (Å²) in [7, 11) is 0. The summed E-state index contributed by atoms with van der Waals surface area (Å²) in [4.78, 5) is 16.3. The first-order chi connectivity index (χ1) is 13.0. The molecular formula is C20H16ClF2N3O. The van der Waals surface area contributed by atoms with E-state index in [2.05, 4.69) is 15.6 Å². The molecule has 4 nitrogen and oxygen atoms in total. The van der Waals surface area contributed by atoms with Gasteiger partial charge < -0.3 is 10.6 Å². The Morgan fingerprint density at radius 3 is 2.44 bits per heavy atom. The van der Waals surface area contributed by atoms with Crippen LogP contribution in [0.25, 0.3) is 0 Å². The van der Waals surface area contributed by atoms with Crippen molar-refractivity contribution in [3.05, 3.63) is 88.7 Å². The molecular weight excluding hydrogens is 372 g/mol. The van der Waals surface area contributed by atoms with E-state index >= 15 is 0 Å². The van der Waals surface area contributed by atoms with Crippen molar-refractivity contribution in [1.29, 1.82) is 0 Å².